The fourth-order valence-corrected chi connectivity index (χ4v) is 2.96. The molecule has 2 heteroatoms. The Morgan fingerprint density at radius 1 is 1.22 bits per heavy atom. The molecule has 1 fully saturated rings. The van der Waals surface area contributed by atoms with E-state index in [0.29, 0.717) is 6.04 Å². The normalized spacial score (nSPS) is 17.9. The molecule has 18 heavy (non-hydrogen) atoms. The number of rotatable bonds is 5. The van der Waals surface area contributed by atoms with E-state index < -0.39 is 0 Å². The Hall–Kier alpha value is -1.02. The highest BCUT2D eigenvalue weighted by Crippen LogP contribution is 2.28. The number of aryl methyl sites for hydroxylation is 1. The first-order chi connectivity index (χ1) is 8.70. The summed E-state index contributed by atoms with van der Waals surface area (Å²) in [5.74, 6) is 0.740. The first-order valence-corrected chi connectivity index (χ1v) is 7.28. The van der Waals surface area contributed by atoms with Gasteiger partial charge in [-0.25, -0.2) is 0 Å². The second kappa shape index (κ2) is 6.24. The van der Waals surface area contributed by atoms with Crippen molar-refractivity contribution in [1.29, 1.82) is 0 Å². The van der Waals surface area contributed by atoms with Crippen molar-refractivity contribution in [2.24, 2.45) is 11.7 Å². The first kappa shape index (κ1) is 13.4. The van der Waals surface area contributed by atoms with Crippen molar-refractivity contribution < 1.29 is 0 Å². The summed E-state index contributed by atoms with van der Waals surface area (Å²) in [4.78, 5) is 2.41. The molecule has 1 aromatic carbocycles. The van der Waals surface area contributed by atoms with Crippen LogP contribution < -0.4 is 10.6 Å². The van der Waals surface area contributed by atoms with Crippen LogP contribution in [0.3, 0.4) is 0 Å². The van der Waals surface area contributed by atoms with Crippen molar-refractivity contribution in [2.75, 3.05) is 18.0 Å². The third-order valence-electron chi connectivity index (χ3n) is 4.22. The number of nitrogens with zero attached hydrogens (tertiary/aromatic N) is 1. The molecule has 1 aromatic rings. The van der Waals surface area contributed by atoms with Crippen LogP contribution in [-0.2, 0) is 0 Å². The van der Waals surface area contributed by atoms with E-state index in [1.165, 1.54) is 36.9 Å². The number of hydrogen-bond acceptors (Lipinski definition) is 2. The van der Waals surface area contributed by atoms with Gasteiger partial charge in [-0.05, 0) is 44.7 Å². The van der Waals surface area contributed by atoms with E-state index in [2.05, 4.69) is 43.0 Å². The lowest BCUT2D eigenvalue weighted by Gasteiger charge is -2.29. The lowest BCUT2D eigenvalue weighted by molar-refractivity contribution is 0.429. The maximum Gasteiger partial charge on any atom is 0.0366 e. The molecule has 0 spiro atoms. The largest absolute Gasteiger partial charge is 0.370 e. The zero-order valence-corrected chi connectivity index (χ0v) is 11.7. The van der Waals surface area contributed by atoms with E-state index in [1.54, 1.807) is 0 Å². The Balaban J connectivity index is 1.97. The maximum atomic E-state index is 6.38. The lowest BCUT2D eigenvalue weighted by atomic mass is 9.98. The average molecular weight is 246 g/mol. The summed E-state index contributed by atoms with van der Waals surface area (Å²) in [6, 6.07) is 9.10. The molecular formula is C16H26N2. The highest BCUT2D eigenvalue weighted by molar-refractivity contribution is 5.47. The van der Waals surface area contributed by atoms with Crippen molar-refractivity contribution in [3.05, 3.63) is 29.8 Å². The third kappa shape index (κ3) is 3.26. The fraction of sp³-hybridized carbons (Fsp3) is 0.625. The van der Waals surface area contributed by atoms with Crippen LogP contribution in [0, 0.1) is 12.8 Å². The van der Waals surface area contributed by atoms with Gasteiger partial charge in [-0.2, -0.15) is 0 Å². The Labute approximate surface area is 111 Å². The predicted molar refractivity (Wildman–Crippen MR) is 79.0 cm³/mol. The highest BCUT2D eigenvalue weighted by Gasteiger charge is 2.23. The second-order valence-electron chi connectivity index (χ2n) is 5.58. The van der Waals surface area contributed by atoms with Gasteiger partial charge >= 0.3 is 0 Å². The SMILES string of the molecule is CCN(CC(N)C1CCCC1)c1ccc(C)cc1. The number of nitrogens with two attached hydrogens (primary N) is 1. The van der Waals surface area contributed by atoms with Crippen LogP contribution in [0.25, 0.3) is 0 Å². The Morgan fingerprint density at radius 2 is 1.83 bits per heavy atom. The van der Waals surface area contributed by atoms with Gasteiger partial charge in [0, 0.05) is 24.8 Å². The lowest BCUT2D eigenvalue weighted by Crippen LogP contribution is -2.41. The van der Waals surface area contributed by atoms with Crippen molar-refractivity contribution in [3.8, 4) is 0 Å². The number of anilines is 1. The molecule has 0 radical (unpaired) electrons. The van der Waals surface area contributed by atoms with E-state index >= 15 is 0 Å². The van der Waals surface area contributed by atoms with Crippen molar-refractivity contribution >= 4 is 5.69 Å². The summed E-state index contributed by atoms with van der Waals surface area (Å²) in [7, 11) is 0. The number of hydrogen-bond donors (Lipinski definition) is 1. The van der Waals surface area contributed by atoms with E-state index in [9.17, 15) is 0 Å². The first-order valence-electron chi connectivity index (χ1n) is 7.28. The highest BCUT2D eigenvalue weighted by atomic mass is 15.1. The van der Waals surface area contributed by atoms with Crippen LogP contribution in [0.5, 0.6) is 0 Å². The number of likely N-dealkylation sites (N-methyl/N-ethyl adjacent to an activating group) is 1. The molecule has 1 aliphatic carbocycles. The topological polar surface area (TPSA) is 29.3 Å². The van der Waals surface area contributed by atoms with E-state index in [0.717, 1.165) is 19.0 Å². The van der Waals surface area contributed by atoms with Gasteiger partial charge in [0.25, 0.3) is 0 Å². The molecule has 1 saturated carbocycles. The third-order valence-corrected chi connectivity index (χ3v) is 4.22. The molecule has 1 unspecified atom stereocenters. The smallest absolute Gasteiger partial charge is 0.0366 e. The van der Waals surface area contributed by atoms with Gasteiger partial charge in [-0.3, -0.25) is 0 Å². The number of benzene rings is 1. The van der Waals surface area contributed by atoms with Crippen LogP contribution in [-0.4, -0.2) is 19.1 Å². The zero-order chi connectivity index (χ0) is 13.0. The van der Waals surface area contributed by atoms with Crippen molar-refractivity contribution in [3.63, 3.8) is 0 Å². The Bertz CT molecular complexity index is 352. The van der Waals surface area contributed by atoms with Gasteiger partial charge < -0.3 is 10.6 Å². The molecular weight excluding hydrogens is 220 g/mol. The predicted octanol–water partition coefficient (Wildman–Crippen LogP) is 3.34. The molecule has 1 atom stereocenters. The average Bonchev–Trinajstić information content (AvgIpc) is 2.91. The fourth-order valence-electron chi connectivity index (χ4n) is 2.96. The molecule has 2 rings (SSSR count). The van der Waals surface area contributed by atoms with Gasteiger partial charge in [0.15, 0.2) is 0 Å². The molecule has 2 N–H and O–H groups in total. The summed E-state index contributed by atoms with van der Waals surface area (Å²) in [6.45, 7) is 6.36. The molecule has 0 amide bonds. The van der Waals surface area contributed by atoms with Crippen LogP contribution in [0.2, 0.25) is 0 Å². The van der Waals surface area contributed by atoms with Crippen LogP contribution in [0.1, 0.15) is 38.2 Å². The standard InChI is InChI=1S/C16H26N2/c1-3-18(15-10-8-13(2)9-11-15)12-16(17)14-6-4-5-7-14/h8-11,14,16H,3-7,12,17H2,1-2H3. The van der Waals surface area contributed by atoms with Crippen molar-refractivity contribution in [1.82, 2.24) is 0 Å². The molecule has 1 aliphatic rings. The summed E-state index contributed by atoms with van der Waals surface area (Å²) < 4.78 is 0. The van der Waals surface area contributed by atoms with Crippen molar-refractivity contribution in [2.45, 2.75) is 45.6 Å². The Morgan fingerprint density at radius 3 is 2.39 bits per heavy atom. The van der Waals surface area contributed by atoms with Gasteiger partial charge in [-0.15, -0.1) is 0 Å². The molecule has 0 saturated heterocycles. The van der Waals surface area contributed by atoms with E-state index in [1.807, 2.05) is 0 Å². The minimum absolute atomic E-state index is 0.328. The quantitative estimate of drug-likeness (QED) is 0.863. The van der Waals surface area contributed by atoms with Gasteiger partial charge in [-0.1, -0.05) is 30.5 Å². The molecule has 0 bridgehead atoms. The van der Waals surface area contributed by atoms with Gasteiger partial charge in [0.2, 0.25) is 0 Å². The molecule has 0 aromatic heterocycles. The van der Waals surface area contributed by atoms with Crippen LogP contribution in [0.15, 0.2) is 24.3 Å². The van der Waals surface area contributed by atoms with Gasteiger partial charge in [0.05, 0.1) is 0 Å². The minimum atomic E-state index is 0.328. The zero-order valence-electron chi connectivity index (χ0n) is 11.7. The second-order valence-corrected chi connectivity index (χ2v) is 5.58. The summed E-state index contributed by atoms with van der Waals surface area (Å²) >= 11 is 0. The molecule has 2 nitrogen and oxygen atoms in total. The summed E-state index contributed by atoms with van der Waals surface area (Å²) in [5, 5.41) is 0. The monoisotopic (exact) mass is 246 g/mol. The molecule has 0 heterocycles. The molecule has 0 aliphatic heterocycles. The van der Waals surface area contributed by atoms with Gasteiger partial charge in [0.1, 0.15) is 0 Å². The maximum absolute atomic E-state index is 6.38. The van der Waals surface area contributed by atoms with E-state index in [4.69, 9.17) is 5.73 Å². The van der Waals surface area contributed by atoms with Crippen LogP contribution in [0.4, 0.5) is 5.69 Å². The summed E-state index contributed by atoms with van der Waals surface area (Å²) in [5.41, 5.74) is 9.00. The van der Waals surface area contributed by atoms with Crippen LogP contribution >= 0.6 is 0 Å². The summed E-state index contributed by atoms with van der Waals surface area (Å²) in [6.07, 6.45) is 5.39. The minimum Gasteiger partial charge on any atom is -0.370 e. The van der Waals surface area contributed by atoms with E-state index in [-0.39, 0.29) is 0 Å². The Kier molecular flexibility index (Phi) is 4.65. The molecule has 100 valence electrons.